The second-order valence-electron chi connectivity index (χ2n) is 4.81. The monoisotopic (exact) mass is 329 g/mol. The van der Waals surface area contributed by atoms with Gasteiger partial charge in [0.05, 0.1) is 0 Å². The van der Waals surface area contributed by atoms with Crippen molar-refractivity contribution < 1.29 is 4.74 Å². The molecule has 1 aromatic rings. The van der Waals surface area contributed by atoms with Gasteiger partial charge in [-0.1, -0.05) is 6.07 Å². The van der Waals surface area contributed by atoms with Crippen molar-refractivity contribution in [2.45, 2.75) is 43.9 Å². The first-order valence-corrected chi connectivity index (χ1v) is 7.06. The molecule has 0 spiro atoms. The van der Waals surface area contributed by atoms with Crippen LogP contribution in [0.1, 0.15) is 25.7 Å². The Labute approximate surface area is 110 Å². The summed E-state index contributed by atoms with van der Waals surface area (Å²) in [5, 5.41) is 3.64. The molecule has 2 fully saturated rings. The molecule has 2 saturated heterocycles. The van der Waals surface area contributed by atoms with Crippen LogP contribution in [0.25, 0.3) is 0 Å². The van der Waals surface area contributed by atoms with Crippen LogP contribution in [0.2, 0.25) is 0 Å². The minimum Gasteiger partial charge on any atom is -0.490 e. The highest BCUT2D eigenvalue weighted by Gasteiger charge is 2.34. The van der Waals surface area contributed by atoms with Gasteiger partial charge in [0.1, 0.15) is 11.9 Å². The number of halogens is 1. The second kappa shape index (κ2) is 4.53. The van der Waals surface area contributed by atoms with Crippen molar-refractivity contribution in [2.75, 3.05) is 0 Å². The summed E-state index contributed by atoms with van der Waals surface area (Å²) in [6.07, 6.45) is 5.41. The molecule has 2 aliphatic heterocycles. The van der Waals surface area contributed by atoms with Crippen LogP contribution < -0.4 is 10.1 Å². The summed E-state index contributed by atoms with van der Waals surface area (Å²) in [4.78, 5) is 0. The molecule has 0 aliphatic carbocycles. The Morgan fingerprint density at radius 3 is 2.62 bits per heavy atom. The van der Waals surface area contributed by atoms with Gasteiger partial charge < -0.3 is 10.1 Å². The molecule has 2 atom stereocenters. The number of nitrogens with one attached hydrogen (secondary N) is 1. The third-order valence-electron chi connectivity index (χ3n) is 3.53. The zero-order valence-corrected chi connectivity index (χ0v) is 11.3. The van der Waals surface area contributed by atoms with Crippen LogP contribution >= 0.6 is 22.6 Å². The highest BCUT2D eigenvalue weighted by Crippen LogP contribution is 2.29. The van der Waals surface area contributed by atoms with Crippen molar-refractivity contribution in [3.05, 3.63) is 27.8 Å². The van der Waals surface area contributed by atoms with Crippen LogP contribution in [0.4, 0.5) is 0 Å². The van der Waals surface area contributed by atoms with Gasteiger partial charge in [-0.2, -0.15) is 0 Å². The van der Waals surface area contributed by atoms with Gasteiger partial charge in [0, 0.05) is 15.7 Å². The van der Waals surface area contributed by atoms with Gasteiger partial charge >= 0.3 is 0 Å². The van der Waals surface area contributed by atoms with E-state index in [1.165, 1.54) is 29.3 Å². The topological polar surface area (TPSA) is 21.3 Å². The average Bonchev–Trinajstić information content (AvgIpc) is 2.58. The van der Waals surface area contributed by atoms with Crippen LogP contribution in [0.3, 0.4) is 0 Å². The molecule has 1 N–H and O–H groups in total. The van der Waals surface area contributed by atoms with Crippen molar-refractivity contribution in [3.8, 4) is 5.75 Å². The zero-order valence-electron chi connectivity index (χ0n) is 9.16. The molecule has 2 unspecified atom stereocenters. The van der Waals surface area contributed by atoms with Crippen molar-refractivity contribution in [1.29, 1.82) is 0 Å². The predicted octanol–water partition coefficient (Wildman–Crippen LogP) is 2.95. The van der Waals surface area contributed by atoms with E-state index in [0.717, 1.165) is 5.75 Å². The molecule has 0 saturated carbocycles. The van der Waals surface area contributed by atoms with Crippen LogP contribution in [-0.2, 0) is 0 Å². The molecular weight excluding hydrogens is 313 g/mol. The summed E-state index contributed by atoms with van der Waals surface area (Å²) >= 11 is 2.33. The molecule has 0 radical (unpaired) electrons. The van der Waals surface area contributed by atoms with E-state index in [2.05, 4.69) is 52.2 Å². The van der Waals surface area contributed by atoms with Crippen molar-refractivity contribution in [2.24, 2.45) is 0 Å². The summed E-state index contributed by atoms with van der Waals surface area (Å²) in [6.45, 7) is 0. The largest absolute Gasteiger partial charge is 0.490 e. The molecular formula is C13H16INO. The van der Waals surface area contributed by atoms with E-state index in [-0.39, 0.29) is 0 Å². The van der Waals surface area contributed by atoms with E-state index >= 15 is 0 Å². The number of fused-ring (bicyclic) bond motifs is 2. The maximum atomic E-state index is 6.07. The molecule has 86 valence electrons. The van der Waals surface area contributed by atoms with Crippen molar-refractivity contribution >= 4 is 22.6 Å². The smallest absolute Gasteiger partial charge is 0.120 e. The SMILES string of the molecule is Ic1cccc(OC2CC3CCC(C2)N3)c1. The minimum absolute atomic E-state index is 0.414. The number of rotatable bonds is 2. The number of benzene rings is 1. The lowest BCUT2D eigenvalue weighted by atomic mass is 10.0. The van der Waals surface area contributed by atoms with E-state index in [9.17, 15) is 0 Å². The third kappa shape index (κ3) is 2.35. The molecule has 0 aromatic heterocycles. The molecule has 3 rings (SSSR count). The molecule has 2 bridgehead atoms. The normalized spacial score (nSPS) is 32.7. The summed E-state index contributed by atoms with van der Waals surface area (Å²) in [5.74, 6) is 1.03. The highest BCUT2D eigenvalue weighted by molar-refractivity contribution is 14.1. The van der Waals surface area contributed by atoms with Crippen LogP contribution in [0, 0.1) is 3.57 Å². The Morgan fingerprint density at radius 2 is 1.94 bits per heavy atom. The summed E-state index contributed by atoms with van der Waals surface area (Å²) in [7, 11) is 0. The molecule has 2 nitrogen and oxygen atoms in total. The predicted molar refractivity (Wildman–Crippen MR) is 72.8 cm³/mol. The number of piperidine rings is 1. The van der Waals surface area contributed by atoms with Gasteiger partial charge in [-0.25, -0.2) is 0 Å². The highest BCUT2D eigenvalue weighted by atomic mass is 127. The first kappa shape index (κ1) is 10.8. The Morgan fingerprint density at radius 1 is 1.19 bits per heavy atom. The maximum absolute atomic E-state index is 6.07. The number of ether oxygens (including phenoxy) is 1. The van der Waals surface area contributed by atoms with Crippen LogP contribution in [0.15, 0.2) is 24.3 Å². The molecule has 16 heavy (non-hydrogen) atoms. The van der Waals surface area contributed by atoms with E-state index in [1.54, 1.807) is 0 Å². The van der Waals surface area contributed by atoms with E-state index in [1.807, 2.05) is 0 Å². The van der Waals surface area contributed by atoms with E-state index in [0.29, 0.717) is 18.2 Å². The zero-order chi connectivity index (χ0) is 11.0. The van der Waals surface area contributed by atoms with Gasteiger partial charge in [-0.15, -0.1) is 0 Å². The number of hydrogen-bond donors (Lipinski definition) is 1. The van der Waals surface area contributed by atoms with Gasteiger partial charge in [-0.3, -0.25) is 0 Å². The maximum Gasteiger partial charge on any atom is 0.120 e. The lowest BCUT2D eigenvalue weighted by Gasteiger charge is -2.29. The van der Waals surface area contributed by atoms with Crippen molar-refractivity contribution in [1.82, 2.24) is 5.32 Å². The second-order valence-corrected chi connectivity index (χ2v) is 6.05. The number of hydrogen-bond acceptors (Lipinski definition) is 2. The summed E-state index contributed by atoms with van der Waals surface area (Å²) in [5.41, 5.74) is 0. The van der Waals surface area contributed by atoms with Gasteiger partial charge in [-0.05, 0) is 66.5 Å². The van der Waals surface area contributed by atoms with E-state index in [4.69, 9.17) is 4.74 Å². The first-order chi connectivity index (χ1) is 7.79. The lowest BCUT2D eigenvalue weighted by molar-refractivity contribution is 0.137. The Kier molecular flexibility index (Phi) is 3.07. The molecule has 2 heterocycles. The average molecular weight is 329 g/mol. The molecule has 2 aliphatic rings. The molecule has 1 aromatic carbocycles. The van der Waals surface area contributed by atoms with E-state index < -0.39 is 0 Å². The molecule has 0 amide bonds. The quantitative estimate of drug-likeness (QED) is 0.843. The van der Waals surface area contributed by atoms with Gasteiger partial charge in [0.2, 0.25) is 0 Å². The lowest BCUT2D eigenvalue weighted by Crippen LogP contribution is -2.42. The summed E-state index contributed by atoms with van der Waals surface area (Å²) < 4.78 is 7.31. The van der Waals surface area contributed by atoms with Crippen LogP contribution in [0.5, 0.6) is 5.75 Å². The Hall–Kier alpha value is -0.290. The fourth-order valence-corrected chi connectivity index (χ4v) is 3.35. The Balaban J connectivity index is 1.67. The fourth-order valence-electron chi connectivity index (χ4n) is 2.83. The fraction of sp³-hybridized carbons (Fsp3) is 0.538. The van der Waals surface area contributed by atoms with Gasteiger partial charge in [0.25, 0.3) is 0 Å². The molecule has 3 heteroatoms. The van der Waals surface area contributed by atoms with Crippen molar-refractivity contribution in [3.63, 3.8) is 0 Å². The van der Waals surface area contributed by atoms with Crippen LogP contribution in [-0.4, -0.2) is 18.2 Å². The summed E-state index contributed by atoms with van der Waals surface area (Å²) in [6, 6.07) is 9.74. The first-order valence-electron chi connectivity index (χ1n) is 5.98. The minimum atomic E-state index is 0.414. The Bertz CT molecular complexity index is 370. The van der Waals surface area contributed by atoms with Gasteiger partial charge in [0.15, 0.2) is 0 Å². The third-order valence-corrected chi connectivity index (χ3v) is 4.20. The standard InChI is InChI=1S/C13H16INO/c14-9-2-1-3-12(6-9)16-13-7-10-4-5-11(8-13)15-10/h1-3,6,10-11,13,15H,4-5,7-8H2.